The lowest BCUT2D eigenvalue weighted by molar-refractivity contribution is 0.364. The van der Waals surface area contributed by atoms with Crippen LogP contribution < -0.4 is 5.32 Å². The second kappa shape index (κ2) is 5.72. The fourth-order valence-electron chi connectivity index (χ4n) is 1.59. The van der Waals surface area contributed by atoms with E-state index in [4.69, 9.17) is 23.2 Å². The molecule has 0 fully saturated rings. The van der Waals surface area contributed by atoms with Gasteiger partial charge in [0.25, 0.3) is 0 Å². The molecule has 1 heterocycles. The standard InChI is InChI=1S/C13H16Cl2N2S/c1-13(2)7-16-12(17-8-13)18-6-9-3-4-10(14)5-11(9)15/h3-5H,6-8H2,1-2H3,(H,16,17). The Morgan fingerprint density at radius 3 is 2.78 bits per heavy atom. The molecule has 0 bridgehead atoms. The van der Waals surface area contributed by atoms with Crippen molar-refractivity contribution >= 4 is 40.1 Å². The van der Waals surface area contributed by atoms with Crippen LogP contribution >= 0.6 is 35.0 Å². The van der Waals surface area contributed by atoms with Gasteiger partial charge in [-0.3, -0.25) is 4.99 Å². The van der Waals surface area contributed by atoms with Gasteiger partial charge >= 0.3 is 0 Å². The molecule has 2 rings (SSSR count). The van der Waals surface area contributed by atoms with Crippen molar-refractivity contribution < 1.29 is 0 Å². The second-order valence-electron chi connectivity index (χ2n) is 5.16. The number of rotatable bonds is 2. The zero-order chi connectivity index (χ0) is 13.2. The van der Waals surface area contributed by atoms with E-state index in [2.05, 4.69) is 24.2 Å². The molecule has 18 heavy (non-hydrogen) atoms. The molecule has 0 atom stereocenters. The molecular weight excluding hydrogens is 287 g/mol. The van der Waals surface area contributed by atoms with Crippen molar-refractivity contribution in [1.82, 2.24) is 5.32 Å². The van der Waals surface area contributed by atoms with E-state index in [1.807, 2.05) is 12.1 Å². The zero-order valence-corrected chi connectivity index (χ0v) is 12.8. The van der Waals surface area contributed by atoms with Gasteiger partial charge in [-0.1, -0.05) is 54.9 Å². The van der Waals surface area contributed by atoms with E-state index in [9.17, 15) is 0 Å². The minimum absolute atomic E-state index is 0.252. The Hall–Kier alpha value is -0.380. The molecule has 5 heteroatoms. The van der Waals surface area contributed by atoms with Crippen molar-refractivity contribution in [3.05, 3.63) is 33.8 Å². The predicted octanol–water partition coefficient (Wildman–Crippen LogP) is 4.21. The summed E-state index contributed by atoms with van der Waals surface area (Å²) >= 11 is 13.7. The molecule has 0 amide bonds. The van der Waals surface area contributed by atoms with Crippen molar-refractivity contribution in [1.29, 1.82) is 0 Å². The number of amidine groups is 1. The molecule has 0 aromatic heterocycles. The number of halogens is 2. The van der Waals surface area contributed by atoms with Crippen molar-refractivity contribution in [2.45, 2.75) is 19.6 Å². The summed E-state index contributed by atoms with van der Waals surface area (Å²) in [6.07, 6.45) is 0. The highest BCUT2D eigenvalue weighted by Gasteiger charge is 2.22. The van der Waals surface area contributed by atoms with Crippen molar-refractivity contribution in [2.24, 2.45) is 10.4 Å². The van der Waals surface area contributed by atoms with Crippen LogP contribution in [0.5, 0.6) is 0 Å². The predicted molar refractivity (Wildman–Crippen MR) is 81.8 cm³/mol. The van der Waals surface area contributed by atoms with Crippen molar-refractivity contribution in [2.75, 3.05) is 13.1 Å². The maximum atomic E-state index is 6.13. The van der Waals surface area contributed by atoms with E-state index in [0.717, 1.165) is 29.6 Å². The molecule has 0 radical (unpaired) electrons. The Labute approximate surface area is 122 Å². The zero-order valence-electron chi connectivity index (χ0n) is 10.5. The summed E-state index contributed by atoms with van der Waals surface area (Å²) in [6, 6.07) is 5.60. The lowest BCUT2D eigenvalue weighted by atomic mass is 9.93. The van der Waals surface area contributed by atoms with Gasteiger partial charge in [-0.2, -0.15) is 0 Å². The van der Waals surface area contributed by atoms with Crippen LogP contribution in [0.25, 0.3) is 0 Å². The first-order valence-corrected chi connectivity index (χ1v) is 7.55. The van der Waals surface area contributed by atoms with Gasteiger partial charge in [-0.25, -0.2) is 0 Å². The molecule has 0 spiro atoms. The number of nitrogens with one attached hydrogen (secondary N) is 1. The molecular formula is C13H16Cl2N2S. The van der Waals surface area contributed by atoms with Crippen LogP contribution in [0.15, 0.2) is 23.2 Å². The Kier molecular flexibility index (Phi) is 4.46. The van der Waals surface area contributed by atoms with Gasteiger partial charge in [0.05, 0.1) is 0 Å². The maximum absolute atomic E-state index is 6.13. The highest BCUT2D eigenvalue weighted by atomic mass is 35.5. The third kappa shape index (κ3) is 3.81. The molecule has 98 valence electrons. The third-order valence-electron chi connectivity index (χ3n) is 2.75. The minimum Gasteiger partial charge on any atom is -0.364 e. The summed E-state index contributed by atoms with van der Waals surface area (Å²) in [5, 5.41) is 5.74. The molecule has 1 aliphatic rings. The van der Waals surface area contributed by atoms with Crippen LogP contribution in [0, 0.1) is 5.41 Å². The average molecular weight is 303 g/mol. The van der Waals surface area contributed by atoms with E-state index < -0.39 is 0 Å². The Morgan fingerprint density at radius 1 is 1.39 bits per heavy atom. The highest BCUT2D eigenvalue weighted by molar-refractivity contribution is 8.13. The fraction of sp³-hybridized carbons (Fsp3) is 0.462. The topological polar surface area (TPSA) is 24.4 Å². The lowest BCUT2D eigenvalue weighted by Crippen LogP contribution is -2.39. The number of hydrogen-bond donors (Lipinski definition) is 1. The quantitative estimate of drug-likeness (QED) is 0.885. The molecule has 0 unspecified atom stereocenters. The van der Waals surface area contributed by atoms with Gasteiger partial charge in [-0.05, 0) is 17.7 Å². The number of hydrogen-bond acceptors (Lipinski definition) is 3. The van der Waals surface area contributed by atoms with Crippen LogP contribution in [0.2, 0.25) is 10.0 Å². The van der Waals surface area contributed by atoms with Gasteiger partial charge in [0.15, 0.2) is 5.17 Å². The largest absolute Gasteiger partial charge is 0.364 e. The maximum Gasteiger partial charge on any atom is 0.156 e. The van der Waals surface area contributed by atoms with E-state index in [-0.39, 0.29) is 5.41 Å². The summed E-state index contributed by atoms with van der Waals surface area (Å²) in [7, 11) is 0. The first kappa shape index (κ1) is 14.0. The van der Waals surface area contributed by atoms with Gasteiger partial charge in [0, 0.05) is 34.3 Å². The fourth-order valence-corrected chi connectivity index (χ4v) is 3.02. The van der Waals surface area contributed by atoms with Crippen LogP contribution in [0.4, 0.5) is 0 Å². The molecule has 1 aromatic rings. The number of aliphatic imine (C=N–C) groups is 1. The molecule has 0 saturated heterocycles. The van der Waals surface area contributed by atoms with Gasteiger partial charge < -0.3 is 5.32 Å². The van der Waals surface area contributed by atoms with Gasteiger partial charge in [0.2, 0.25) is 0 Å². The van der Waals surface area contributed by atoms with Crippen molar-refractivity contribution in [3.8, 4) is 0 Å². The SMILES string of the molecule is CC1(C)CN=C(SCc2ccc(Cl)cc2Cl)NC1. The monoisotopic (exact) mass is 302 g/mol. The van der Waals surface area contributed by atoms with Crippen LogP contribution in [0.3, 0.4) is 0 Å². The normalized spacial score (nSPS) is 18.1. The summed E-state index contributed by atoms with van der Waals surface area (Å²) in [5.41, 5.74) is 1.34. The van der Waals surface area contributed by atoms with E-state index in [0.29, 0.717) is 10.0 Å². The molecule has 0 aliphatic carbocycles. The summed E-state index contributed by atoms with van der Waals surface area (Å²) in [4.78, 5) is 4.54. The molecule has 2 nitrogen and oxygen atoms in total. The van der Waals surface area contributed by atoms with Crippen LogP contribution in [-0.4, -0.2) is 18.3 Å². The Bertz CT molecular complexity index is 472. The first-order valence-electron chi connectivity index (χ1n) is 5.81. The molecule has 1 aromatic carbocycles. The van der Waals surface area contributed by atoms with E-state index in [1.165, 1.54) is 0 Å². The second-order valence-corrected chi connectivity index (χ2v) is 6.97. The molecule has 1 N–H and O–H groups in total. The molecule has 0 saturated carbocycles. The average Bonchev–Trinajstić information content (AvgIpc) is 2.29. The third-order valence-corrected chi connectivity index (χ3v) is 4.34. The van der Waals surface area contributed by atoms with Gasteiger partial charge in [0.1, 0.15) is 0 Å². The number of nitrogens with zero attached hydrogens (tertiary/aromatic N) is 1. The van der Waals surface area contributed by atoms with E-state index >= 15 is 0 Å². The number of thioether (sulfide) groups is 1. The van der Waals surface area contributed by atoms with Crippen LogP contribution in [-0.2, 0) is 5.75 Å². The molecule has 1 aliphatic heterocycles. The smallest absolute Gasteiger partial charge is 0.156 e. The minimum atomic E-state index is 0.252. The van der Waals surface area contributed by atoms with Crippen molar-refractivity contribution in [3.63, 3.8) is 0 Å². The summed E-state index contributed by atoms with van der Waals surface area (Å²) in [5.74, 6) is 0.808. The first-order chi connectivity index (χ1) is 8.46. The summed E-state index contributed by atoms with van der Waals surface area (Å²) in [6.45, 7) is 6.26. The lowest BCUT2D eigenvalue weighted by Gasteiger charge is -2.28. The Balaban J connectivity index is 1.94. The highest BCUT2D eigenvalue weighted by Crippen LogP contribution is 2.26. The van der Waals surface area contributed by atoms with Gasteiger partial charge in [-0.15, -0.1) is 0 Å². The van der Waals surface area contributed by atoms with Crippen LogP contribution in [0.1, 0.15) is 19.4 Å². The van der Waals surface area contributed by atoms with E-state index in [1.54, 1.807) is 17.8 Å². The summed E-state index contributed by atoms with van der Waals surface area (Å²) < 4.78 is 0. The Morgan fingerprint density at radius 2 is 2.17 bits per heavy atom. The number of benzene rings is 1.